The molecule has 1 amide bonds. The minimum absolute atomic E-state index is 0.0661. The minimum Gasteiger partial charge on any atom is -0.356 e. The van der Waals surface area contributed by atoms with Crippen molar-refractivity contribution in [3.63, 3.8) is 0 Å². The number of carbonyl (C=O) groups excluding carboxylic acids is 1. The fourth-order valence-corrected chi connectivity index (χ4v) is 1.80. The number of halogens is 1. The van der Waals surface area contributed by atoms with Crippen molar-refractivity contribution in [2.45, 2.75) is 6.92 Å². The van der Waals surface area contributed by atoms with Gasteiger partial charge in [0.1, 0.15) is 0 Å². The standard InChI is InChI=1S/C14H13BrN2O/c1-10(18)16-12-6-8-14(9-7-12)17-13-4-2-11(15)3-5-13/h2-9,17H,1H3,(H,16,18). The minimum atomic E-state index is -0.0661. The number of carbonyl (C=O) groups is 1. The highest BCUT2D eigenvalue weighted by Gasteiger charge is 1.97. The normalized spacial score (nSPS) is 9.89. The lowest BCUT2D eigenvalue weighted by atomic mass is 10.2. The molecule has 0 aliphatic carbocycles. The molecule has 4 heteroatoms. The van der Waals surface area contributed by atoms with Gasteiger partial charge in [-0.1, -0.05) is 15.9 Å². The van der Waals surface area contributed by atoms with Gasteiger partial charge in [0.15, 0.2) is 0 Å². The zero-order valence-corrected chi connectivity index (χ0v) is 11.5. The molecule has 0 atom stereocenters. The van der Waals surface area contributed by atoms with Crippen molar-refractivity contribution in [2.24, 2.45) is 0 Å². The summed E-state index contributed by atoms with van der Waals surface area (Å²) in [4.78, 5) is 10.9. The first kappa shape index (κ1) is 12.6. The number of amides is 1. The summed E-state index contributed by atoms with van der Waals surface area (Å²) in [5.41, 5.74) is 2.79. The molecule has 2 aromatic rings. The Morgan fingerprint density at radius 3 is 1.83 bits per heavy atom. The van der Waals surface area contributed by atoms with E-state index in [1.807, 2.05) is 48.5 Å². The predicted octanol–water partition coefficient (Wildman–Crippen LogP) is 4.15. The zero-order valence-electron chi connectivity index (χ0n) is 9.91. The molecule has 0 radical (unpaired) electrons. The quantitative estimate of drug-likeness (QED) is 0.894. The Morgan fingerprint density at radius 1 is 0.889 bits per heavy atom. The third kappa shape index (κ3) is 3.60. The maximum Gasteiger partial charge on any atom is 0.221 e. The average Bonchev–Trinajstić information content (AvgIpc) is 2.34. The van der Waals surface area contributed by atoms with Crippen LogP contribution in [0.1, 0.15) is 6.92 Å². The maximum absolute atomic E-state index is 10.9. The van der Waals surface area contributed by atoms with E-state index in [-0.39, 0.29) is 5.91 Å². The van der Waals surface area contributed by atoms with Crippen LogP contribution >= 0.6 is 15.9 Å². The summed E-state index contributed by atoms with van der Waals surface area (Å²) in [5, 5.41) is 6.01. The van der Waals surface area contributed by atoms with Gasteiger partial charge in [-0.2, -0.15) is 0 Å². The molecule has 0 bridgehead atoms. The third-order valence-electron chi connectivity index (χ3n) is 2.34. The number of nitrogens with one attached hydrogen (secondary N) is 2. The molecule has 0 aliphatic rings. The van der Waals surface area contributed by atoms with Gasteiger partial charge in [-0.3, -0.25) is 4.79 Å². The molecule has 0 saturated carbocycles. The Kier molecular flexibility index (Phi) is 3.99. The molecule has 2 aromatic carbocycles. The van der Waals surface area contributed by atoms with Crippen molar-refractivity contribution in [3.8, 4) is 0 Å². The largest absolute Gasteiger partial charge is 0.356 e. The van der Waals surface area contributed by atoms with Gasteiger partial charge in [-0.05, 0) is 48.5 Å². The molecule has 0 saturated heterocycles. The SMILES string of the molecule is CC(=O)Nc1ccc(Nc2ccc(Br)cc2)cc1. The van der Waals surface area contributed by atoms with Gasteiger partial charge < -0.3 is 10.6 Å². The van der Waals surface area contributed by atoms with Crippen molar-refractivity contribution >= 4 is 38.9 Å². The lowest BCUT2D eigenvalue weighted by Crippen LogP contribution is -2.05. The molecule has 18 heavy (non-hydrogen) atoms. The first-order valence-electron chi connectivity index (χ1n) is 5.54. The van der Waals surface area contributed by atoms with Crippen LogP contribution in [0.25, 0.3) is 0 Å². The molecule has 0 spiro atoms. The maximum atomic E-state index is 10.9. The number of hydrogen-bond acceptors (Lipinski definition) is 2. The number of anilines is 3. The van der Waals surface area contributed by atoms with E-state index in [1.165, 1.54) is 6.92 Å². The van der Waals surface area contributed by atoms with Crippen LogP contribution in [0.5, 0.6) is 0 Å². The molecule has 0 fully saturated rings. The number of benzene rings is 2. The summed E-state index contributed by atoms with van der Waals surface area (Å²) in [7, 11) is 0. The second-order valence-electron chi connectivity index (χ2n) is 3.89. The van der Waals surface area contributed by atoms with E-state index >= 15 is 0 Å². The first-order chi connectivity index (χ1) is 8.63. The van der Waals surface area contributed by atoms with Crippen LogP contribution in [0.2, 0.25) is 0 Å². The van der Waals surface area contributed by atoms with Crippen LogP contribution in [-0.2, 0) is 4.79 Å². The van der Waals surface area contributed by atoms with E-state index in [4.69, 9.17) is 0 Å². The van der Waals surface area contributed by atoms with E-state index in [0.717, 1.165) is 21.5 Å². The van der Waals surface area contributed by atoms with Gasteiger partial charge in [-0.25, -0.2) is 0 Å². The van der Waals surface area contributed by atoms with Gasteiger partial charge in [0.05, 0.1) is 0 Å². The topological polar surface area (TPSA) is 41.1 Å². The van der Waals surface area contributed by atoms with Gasteiger partial charge >= 0.3 is 0 Å². The Hall–Kier alpha value is -1.81. The molecule has 2 rings (SSSR count). The average molecular weight is 305 g/mol. The van der Waals surface area contributed by atoms with Gasteiger partial charge in [-0.15, -0.1) is 0 Å². The van der Waals surface area contributed by atoms with Crippen LogP contribution < -0.4 is 10.6 Å². The van der Waals surface area contributed by atoms with Crippen molar-refractivity contribution in [1.29, 1.82) is 0 Å². The van der Waals surface area contributed by atoms with Gasteiger partial charge in [0.25, 0.3) is 0 Å². The second kappa shape index (κ2) is 5.69. The molecule has 0 aliphatic heterocycles. The van der Waals surface area contributed by atoms with Gasteiger partial charge in [0.2, 0.25) is 5.91 Å². The molecular formula is C14H13BrN2O. The highest BCUT2D eigenvalue weighted by atomic mass is 79.9. The summed E-state index contributed by atoms with van der Waals surface area (Å²) in [6.07, 6.45) is 0. The molecular weight excluding hydrogens is 292 g/mol. The molecule has 0 unspecified atom stereocenters. The number of hydrogen-bond donors (Lipinski definition) is 2. The second-order valence-corrected chi connectivity index (χ2v) is 4.81. The van der Waals surface area contributed by atoms with E-state index in [1.54, 1.807) is 0 Å². The summed E-state index contributed by atoms with van der Waals surface area (Å²) >= 11 is 3.40. The first-order valence-corrected chi connectivity index (χ1v) is 6.33. The van der Waals surface area contributed by atoms with E-state index in [9.17, 15) is 4.79 Å². The zero-order chi connectivity index (χ0) is 13.0. The summed E-state index contributed by atoms with van der Waals surface area (Å²) < 4.78 is 1.05. The Balaban J connectivity index is 2.06. The lowest BCUT2D eigenvalue weighted by Gasteiger charge is -2.08. The van der Waals surface area contributed by atoms with Crippen molar-refractivity contribution < 1.29 is 4.79 Å². The van der Waals surface area contributed by atoms with Crippen LogP contribution in [0.4, 0.5) is 17.1 Å². The van der Waals surface area contributed by atoms with Crippen LogP contribution in [0, 0.1) is 0 Å². The smallest absolute Gasteiger partial charge is 0.221 e. The predicted molar refractivity (Wildman–Crippen MR) is 78.2 cm³/mol. The van der Waals surface area contributed by atoms with E-state index < -0.39 is 0 Å². The molecule has 92 valence electrons. The van der Waals surface area contributed by atoms with Crippen LogP contribution in [0.3, 0.4) is 0 Å². The highest BCUT2D eigenvalue weighted by Crippen LogP contribution is 2.20. The summed E-state index contributed by atoms with van der Waals surface area (Å²) in [6.45, 7) is 1.49. The van der Waals surface area contributed by atoms with E-state index in [2.05, 4.69) is 26.6 Å². The molecule has 0 aromatic heterocycles. The van der Waals surface area contributed by atoms with Crippen molar-refractivity contribution in [3.05, 3.63) is 53.0 Å². The van der Waals surface area contributed by atoms with Crippen LogP contribution in [0.15, 0.2) is 53.0 Å². The lowest BCUT2D eigenvalue weighted by molar-refractivity contribution is -0.114. The Labute approximate surface area is 114 Å². The fourth-order valence-electron chi connectivity index (χ4n) is 1.54. The molecule has 0 heterocycles. The third-order valence-corrected chi connectivity index (χ3v) is 2.87. The molecule has 3 nitrogen and oxygen atoms in total. The fraction of sp³-hybridized carbons (Fsp3) is 0.0714. The van der Waals surface area contributed by atoms with Crippen molar-refractivity contribution in [2.75, 3.05) is 10.6 Å². The van der Waals surface area contributed by atoms with Gasteiger partial charge in [0, 0.05) is 28.5 Å². The van der Waals surface area contributed by atoms with E-state index in [0.29, 0.717) is 0 Å². The van der Waals surface area contributed by atoms with Crippen molar-refractivity contribution in [1.82, 2.24) is 0 Å². The Morgan fingerprint density at radius 2 is 1.33 bits per heavy atom. The summed E-state index contributed by atoms with van der Waals surface area (Å²) in [5.74, 6) is -0.0661. The monoisotopic (exact) mass is 304 g/mol. The highest BCUT2D eigenvalue weighted by molar-refractivity contribution is 9.10. The number of rotatable bonds is 3. The summed E-state index contributed by atoms with van der Waals surface area (Å²) in [6, 6.07) is 15.5. The Bertz CT molecular complexity index is 535. The van der Waals surface area contributed by atoms with Crippen LogP contribution in [-0.4, -0.2) is 5.91 Å². The molecule has 2 N–H and O–H groups in total.